The molecule has 3 rings (SSSR count). The maximum Gasteiger partial charge on any atom is 0.159 e. The first-order chi connectivity index (χ1) is 9.30. The van der Waals surface area contributed by atoms with Crippen LogP contribution in [0.4, 0.5) is 0 Å². The molecule has 0 aromatic carbocycles. The molecule has 2 aromatic rings. The molecule has 0 saturated carbocycles. The van der Waals surface area contributed by atoms with E-state index in [0.29, 0.717) is 6.42 Å². The molecule has 1 fully saturated rings. The first kappa shape index (κ1) is 13.9. The summed E-state index contributed by atoms with van der Waals surface area (Å²) < 4.78 is 27.2. The predicted molar refractivity (Wildman–Crippen MR) is 77.8 cm³/mol. The molecule has 3 heterocycles. The van der Waals surface area contributed by atoms with Crippen molar-refractivity contribution in [3.05, 3.63) is 11.5 Å². The molecule has 20 heavy (non-hydrogen) atoms. The molecule has 6 nitrogen and oxygen atoms in total. The normalized spacial score (nSPS) is 23.5. The summed E-state index contributed by atoms with van der Waals surface area (Å²) in [7, 11) is -1.11. The molecule has 110 valence electrons. The summed E-state index contributed by atoms with van der Waals surface area (Å²) in [5.74, 6) is 1.10. The van der Waals surface area contributed by atoms with Crippen molar-refractivity contribution in [2.24, 2.45) is 7.05 Å². The number of aromatic nitrogens is 4. The molecule has 0 bridgehead atoms. The van der Waals surface area contributed by atoms with E-state index >= 15 is 0 Å². The van der Waals surface area contributed by atoms with E-state index in [-0.39, 0.29) is 22.9 Å². The molecule has 8 heteroatoms. The lowest BCUT2D eigenvalue weighted by atomic mass is 10.2. The highest BCUT2D eigenvalue weighted by Crippen LogP contribution is 2.33. The minimum absolute atomic E-state index is 0.101. The lowest BCUT2D eigenvalue weighted by Crippen LogP contribution is -2.16. The van der Waals surface area contributed by atoms with Gasteiger partial charge in [-0.25, -0.2) is 13.4 Å². The van der Waals surface area contributed by atoms with Crippen LogP contribution in [0.25, 0.3) is 11.2 Å². The van der Waals surface area contributed by atoms with Crippen LogP contribution in [0.2, 0.25) is 0 Å². The van der Waals surface area contributed by atoms with Crippen LogP contribution in [0.5, 0.6) is 0 Å². The van der Waals surface area contributed by atoms with Crippen LogP contribution in [0.3, 0.4) is 0 Å². The predicted octanol–water partition coefficient (Wildman–Crippen LogP) is 1.74. The van der Waals surface area contributed by atoms with Crippen LogP contribution in [-0.4, -0.2) is 39.3 Å². The second-order valence-corrected chi connectivity index (χ2v) is 8.28. The van der Waals surface area contributed by atoms with Gasteiger partial charge in [0.1, 0.15) is 11.3 Å². The lowest BCUT2D eigenvalue weighted by molar-refractivity contribution is 0.531. The van der Waals surface area contributed by atoms with Crippen molar-refractivity contribution in [3.8, 4) is 0 Å². The van der Waals surface area contributed by atoms with Crippen LogP contribution < -0.4 is 0 Å². The smallest absolute Gasteiger partial charge is 0.159 e. The molecule has 0 amide bonds. The van der Waals surface area contributed by atoms with E-state index in [1.807, 2.05) is 25.5 Å². The summed E-state index contributed by atoms with van der Waals surface area (Å²) >= 11 is 6.23. The van der Waals surface area contributed by atoms with E-state index in [2.05, 4.69) is 10.1 Å². The SMILES string of the molecule is Cc1nn(C)c2c1nc(C(C)Cl)n2C1CCS(=O)(=O)C1. The molecule has 1 aliphatic rings. The summed E-state index contributed by atoms with van der Waals surface area (Å²) in [6.45, 7) is 3.75. The van der Waals surface area contributed by atoms with Crippen LogP contribution in [0, 0.1) is 6.92 Å². The van der Waals surface area contributed by atoms with Gasteiger partial charge in [-0.2, -0.15) is 5.10 Å². The van der Waals surface area contributed by atoms with E-state index in [9.17, 15) is 8.42 Å². The molecule has 2 atom stereocenters. The van der Waals surface area contributed by atoms with E-state index in [1.54, 1.807) is 4.68 Å². The lowest BCUT2D eigenvalue weighted by Gasteiger charge is -2.16. The Hall–Kier alpha value is -1.08. The van der Waals surface area contributed by atoms with Crippen molar-refractivity contribution in [1.29, 1.82) is 0 Å². The number of alkyl halides is 1. The van der Waals surface area contributed by atoms with Crippen molar-refractivity contribution in [1.82, 2.24) is 19.3 Å². The van der Waals surface area contributed by atoms with Gasteiger partial charge in [-0.15, -0.1) is 11.6 Å². The summed E-state index contributed by atoms with van der Waals surface area (Å²) in [5.41, 5.74) is 2.49. The van der Waals surface area contributed by atoms with Gasteiger partial charge in [0.25, 0.3) is 0 Å². The highest BCUT2D eigenvalue weighted by Gasteiger charge is 2.33. The largest absolute Gasteiger partial charge is 0.307 e. The zero-order chi connectivity index (χ0) is 14.7. The molecule has 0 radical (unpaired) electrons. The Morgan fingerprint density at radius 3 is 2.70 bits per heavy atom. The van der Waals surface area contributed by atoms with Crippen LogP contribution in [0.1, 0.15) is 36.3 Å². The van der Waals surface area contributed by atoms with Crippen molar-refractivity contribution in [2.45, 2.75) is 31.7 Å². The molecule has 0 aliphatic carbocycles. The van der Waals surface area contributed by atoms with Crippen molar-refractivity contribution in [3.63, 3.8) is 0 Å². The Kier molecular flexibility index (Phi) is 3.10. The Morgan fingerprint density at radius 2 is 2.15 bits per heavy atom. The van der Waals surface area contributed by atoms with Crippen LogP contribution in [0.15, 0.2) is 0 Å². The van der Waals surface area contributed by atoms with Gasteiger partial charge in [0.05, 0.1) is 28.6 Å². The highest BCUT2D eigenvalue weighted by molar-refractivity contribution is 7.91. The van der Waals surface area contributed by atoms with Gasteiger partial charge in [-0.1, -0.05) is 0 Å². The molecule has 0 N–H and O–H groups in total. The first-order valence-corrected chi connectivity index (χ1v) is 8.82. The number of aryl methyl sites for hydroxylation is 2. The summed E-state index contributed by atoms with van der Waals surface area (Å²) in [6, 6.07) is -0.101. The maximum atomic E-state index is 11.8. The molecular formula is C12H17ClN4O2S. The average Bonchev–Trinajstić information content (AvgIpc) is 2.95. The Bertz CT molecular complexity index is 775. The zero-order valence-corrected chi connectivity index (χ0v) is 13.2. The third-order valence-electron chi connectivity index (χ3n) is 3.79. The van der Waals surface area contributed by atoms with Crippen LogP contribution >= 0.6 is 11.6 Å². The van der Waals surface area contributed by atoms with Crippen molar-refractivity contribution >= 4 is 32.6 Å². The van der Waals surface area contributed by atoms with E-state index in [1.165, 1.54) is 0 Å². The van der Waals surface area contributed by atoms with E-state index < -0.39 is 9.84 Å². The maximum absolute atomic E-state index is 11.8. The monoisotopic (exact) mass is 316 g/mol. The topological polar surface area (TPSA) is 69.8 Å². The Balaban J connectivity index is 2.24. The first-order valence-electron chi connectivity index (χ1n) is 6.56. The van der Waals surface area contributed by atoms with Gasteiger partial charge in [0.2, 0.25) is 0 Å². The average molecular weight is 317 g/mol. The van der Waals surface area contributed by atoms with Crippen molar-refractivity contribution in [2.75, 3.05) is 11.5 Å². The number of imidazole rings is 1. The van der Waals surface area contributed by atoms with E-state index in [4.69, 9.17) is 11.6 Å². The van der Waals surface area contributed by atoms with Crippen molar-refractivity contribution < 1.29 is 8.42 Å². The minimum atomic E-state index is -2.96. The Labute approximate surface area is 122 Å². The second kappa shape index (κ2) is 4.46. The second-order valence-electron chi connectivity index (χ2n) is 5.39. The molecule has 1 saturated heterocycles. The molecule has 2 aromatic heterocycles. The molecule has 1 aliphatic heterocycles. The molecule has 2 unspecified atom stereocenters. The van der Waals surface area contributed by atoms with E-state index in [0.717, 1.165) is 22.7 Å². The number of hydrogen-bond acceptors (Lipinski definition) is 4. The number of fused-ring (bicyclic) bond motifs is 1. The fraction of sp³-hybridized carbons (Fsp3) is 0.667. The fourth-order valence-electron chi connectivity index (χ4n) is 2.93. The van der Waals surface area contributed by atoms with Gasteiger partial charge in [0.15, 0.2) is 15.5 Å². The standard InChI is InChI=1S/C12H17ClN4O2S/c1-7(13)11-14-10-8(2)15-16(3)12(10)17(11)9-4-5-20(18,19)6-9/h7,9H,4-6H2,1-3H3. The third-order valence-corrected chi connectivity index (χ3v) is 5.74. The van der Waals surface area contributed by atoms with Crippen LogP contribution in [-0.2, 0) is 16.9 Å². The molecular weight excluding hydrogens is 300 g/mol. The fourth-order valence-corrected chi connectivity index (χ4v) is 4.79. The highest BCUT2D eigenvalue weighted by atomic mass is 35.5. The third kappa shape index (κ3) is 2.03. The number of rotatable bonds is 2. The van der Waals surface area contributed by atoms with Gasteiger partial charge < -0.3 is 4.57 Å². The van der Waals surface area contributed by atoms with Gasteiger partial charge in [-0.05, 0) is 20.3 Å². The Morgan fingerprint density at radius 1 is 1.45 bits per heavy atom. The van der Waals surface area contributed by atoms with Gasteiger partial charge >= 0.3 is 0 Å². The van der Waals surface area contributed by atoms with Gasteiger partial charge in [0, 0.05) is 7.05 Å². The summed E-state index contributed by atoms with van der Waals surface area (Å²) in [6.07, 6.45) is 0.606. The van der Waals surface area contributed by atoms with Gasteiger partial charge in [-0.3, -0.25) is 4.68 Å². The number of hydrogen-bond donors (Lipinski definition) is 0. The molecule has 0 spiro atoms. The quantitative estimate of drug-likeness (QED) is 0.791. The number of halogens is 1. The summed E-state index contributed by atoms with van der Waals surface area (Å²) in [4.78, 5) is 4.58. The number of nitrogens with zero attached hydrogens (tertiary/aromatic N) is 4. The number of sulfone groups is 1. The summed E-state index contributed by atoms with van der Waals surface area (Å²) in [5, 5.41) is 4.09. The zero-order valence-electron chi connectivity index (χ0n) is 11.7. The minimum Gasteiger partial charge on any atom is -0.307 e.